The third kappa shape index (κ3) is 3.63. The summed E-state index contributed by atoms with van der Waals surface area (Å²) in [6.07, 6.45) is 1.65. The van der Waals surface area contributed by atoms with Gasteiger partial charge in [0.2, 0.25) is 15.9 Å². The molecule has 116 valence electrons. The van der Waals surface area contributed by atoms with Crippen molar-refractivity contribution in [1.82, 2.24) is 4.72 Å². The Kier molecular flexibility index (Phi) is 4.68. The highest BCUT2D eigenvalue weighted by molar-refractivity contribution is 7.89. The summed E-state index contributed by atoms with van der Waals surface area (Å²) in [5, 5.41) is 0. The molecule has 0 bridgehead atoms. The third-order valence-corrected chi connectivity index (χ3v) is 4.96. The maximum atomic E-state index is 12.2. The topological polar surface area (TPSA) is 66.5 Å². The number of anilines is 1. The summed E-state index contributed by atoms with van der Waals surface area (Å²) in [7, 11) is -3.48. The smallest absolute Gasteiger partial charge is 0.240 e. The molecule has 1 amide bonds. The van der Waals surface area contributed by atoms with Gasteiger partial charge in [-0.25, -0.2) is 13.1 Å². The van der Waals surface area contributed by atoms with E-state index < -0.39 is 10.0 Å². The highest BCUT2D eigenvalue weighted by Gasteiger charge is 2.22. The normalized spacial score (nSPS) is 15.1. The Morgan fingerprint density at radius 3 is 2.71 bits per heavy atom. The number of aryl methyl sites for hydroxylation is 1. The number of rotatable bonds is 4. The fourth-order valence-corrected chi connectivity index (χ4v) is 3.69. The molecule has 1 aromatic carbocycles. The lowest BCUT2D eigenvalue weighted by atomic mass is 10.0. The SMILES string of the molecule is CC(=O)N1CCCc2cc(S(=O)(=O)NCC(C)C)ccc21. The van der Waals surface area contributed by atoms with Gasteiger partial charge in [-0.2, -0.15) is 0 Å². The molecule has 21 heavy (non-hydrogen) atoms. The standard InChI is InChI=1S/C15H22N2O3S/c1-11(2)10-16-21(19,20)14-6-7-15-13(9-14)5-4-8-17(15)12(3)18/h6-7,9,11,16H,4-5,8,10H2,1-3H3. The minimum atomic E-state index is -3.48. The molecule has 0 aromatic heterocycles. The fraction of sp³-hybridized carbons (Fsp3) is 0.533. The van der Waals surface area contributed by atoms with E-state index in [-0.39, 0.29) is 16.7 Å². The lowest BCUT2D eigenvalue weighted by Crippen LogP contribution is -2.34. The molecule has 0 spiro atoms. The number of hydrogen-bond donors (Lipinski definition) is 1. The van der Waals surface area contributed by atoms with Crippen LogP contribution in [0, 0.1) is 5.92 Å². The molecule has 5 nitrogen and oxygen atoms in total. The molecule has 1 aliphatic heterocycles. The van der Waals surface area contributed by atoms with E-state index in [2.05, 4.69) is 4.72 Å². The van der Waals surface area contributed by atoms with Crippen LogP contribution in [0.2, 0.25) is 0 Å². The minimum Gasteiger partial charge on any atom is -0.312 e. The number of hydrogen-bond acceptors (Lipinski definition) is 3. The van der Waals surface area contributed by atoms with Crippen LogP contribution in [0.25, 0.3) is 0 Å². The largest absolute Gasteiger partial charge is 0.312 e. The predicted octanol–water partition coefficient (Wildman–Crippen LogP) is 1.92. The van der Waals surface area contributed by atoms with Crippen LogP contribution in [0.15, 0.2) is 23.1 Å². The van der Waals surface area contributed by atoms with E-state index in [4.69, 9.17) is 0 Å². The minimum absolute atomic E-state index is 0.00973. The summed E-state index contributed by atoms with van der Waals surface area (Å²) in [4.78, 5) is 13.6. The number of amides is 1. The van der Waals surface area contributed by atoms with Gasteiger partial charge in [-0.1, -0.05) is 13.8 Å². The Balaban J connectivity index is 2.31. The second-order valence-corrected chi connectivity index (χ2v) is 7.58. The summed E-state index contributed by atoms with van der Waals surface area (Å²) >= 11 is 0. The Hall–Kier alpha value is -1.40. The Morgan fingerprint density at radius 2 is 2.10 bits per heavy atom. The highest BCUT2D eigenvalue weighted by atomic mass is 32.2. The van der Waals surface area contributed by atoms with Gasteiger partial charge in [-0.15, -0.1) is 0 Å². The molecule has 1 N–H and O–H groups in total. The first kappa shape index (κ1) is 16.0. The Bertz CT molecular complexity index is 638. The van der Waals surface area contributed by atoms with Crippen LogP contribution in [-0.4, -0.2) is 27.4 Å². The lowest BCUT2D eigenvalue weighted by molar-refractivity contribution is -0.116. The highest BCUT2D eigenvalue weighted by Crippen LogP contribution is 2.29. The van der Waals surface area contributed by atoms with E-state index in [9.17, 15) is 13.2 Å². The second-order valence-electron chi connectivity index (χ2n) is 5.81. The zero-order chi connectivity index (χ0) is 15.6. The monoisotopic (exact) mass is 310 g/mol. The maximum absolute atomic E-state index is 12.2. The van der Waals surface area contributed by atoms with Crippen molar-refractivity contribution < 1.29 is 13.2 Å². The van der Waals surface area contributed by atoms with E-state index in [0.29, 0.717) is 13.1 Å². The summed E-state index contributed by atoms with van der Waals surface area (Å²) in [5.74, 6) is 0.245. The predicted molar refractivity (Wildman–Crippen MR) is 82.8 cm³/mol. The van der Waals surface area contributed by atoms with Gasteiger partial charge in [0.1, 0.15) is 0 Å². The molecule has 1 aliphatic rings. The van der Waals surface area contributed by atoms with Crippen LogP contribution in [-0.2, 0) is 21.2 Å². The molecule has 0 saturated carbocycles. The van der Waals surface area contributed by atoms with E-state index in [1.807, 2.05) is 13.8 Å². The molecule has 0 radical (unpaired) electrons. The molecular weight excluding hydrogens is 288 g/mol. The van der Waals surface area contributed by atoms with Crippen LogP contribution < -0.4 is 9.62 Å². The number of sulfonamides is 1. The molecule has 1 heterocycles. The lowest BCUT2D eigenvalue weighted by Gasteiger charge is -2.28. The number of carbonyl (C=O) groups is 1. The number of fused-ring (bicyclic) bond motifs is 1. The van der Waals surface area contributed by atoms with E-state index in [1.54, 1.807) is 23.1 Å². The van der Waals surface area contributed by atoms with Crippen LogP contribution in [0.1, 0.15) is 32.8 Å². The molecule has 2 rings (SSSR count). The number of carbonyl (C=O) groups excluding carboxylic acids is 1. The molecule has 1 aromatic rings. The first-order chi connectivity index (χ1) is 9.81. The number of benzene rings is 1. The van der Waals surface area contributed by atoms with Crippen molar-refractivity contribution in [2.75, 3.05) is 18.0 Å². The first-order valence-corrected chi connectivity index (χ1v) is 8.70. The Labute approximate surface area is 126 Å². The van der Waals surface area contributed by atoms with Crippen molar-refractivity contribution in [2.45, 2.75) is 38.5 Å². The van der Waals surface area contributed by atoms with E-state index in [1.165, 1.54) is 6.92 Å². The van der Waals surface area contributed by atoms with Crippen molar-refractivity contribution in [3.63, 3.8) is 0 Å². The number of nitrogens with one attached hydrogen (secondary N) is 1. The molecule has 0 aliphatic carbocycles. The van der Waals surface area contributed by atoms with Gasteiger partial charge in [0.05, 0.1) is 4.90 Å². The second kappa shape index (κ2) is 6.15. The van der Waals surface area contributed by atoms with Gasteiger partial charge in [0, 0.05) is 25.7 Å². The summed E-state index contributed by atoms with van der Waals surface area (Å²) in [5.41, 5.74) is 1.75. The summed E-state index contributed by atoms with van der Waals surface area (Å²) in [6.45, 7) is 6.56. The van der Waals surface area contributed by atoms with E-state index >= 15 is 0 Å². The van der Waals surface area contributed by atoms with Crippen LogP contribution in [0.4, 0.5) is 5.69 Å². The molecule has 0 atom stereocenters. The molecule has 0 unspecified atom stereocenters. The van der Waals surface area contributed by atoms with Gasteiger partial charge in [0.25, 0.3) is 0 Å². The number of nitrogens with zero attached hydrogens (tertiary/aromatic N) is 1. The van der Waals surface area contributed by atoms with Gasteiger partial charge < -0.3 is 4.90 Å². The molecule has 0 saturated heterocycles. The van der Waals surface area contributed by atoms with Gasteiger partial charge >= 0.3 is 0 Å². The summed E-state index contributed by atoms with van der Waals surface area (Å²) in [6, 6.07) is 5.00. The first-order valence-electron chi connectivity index (χ1n) is 7.22. The molecular formula is C15H22N2O3S. The van der Waals surface area contributed by atoms with Crippen molar-refractivity contribution in [1.29, 1.82) is 0 Å². The maximum Gasteiger partial charge on any atom is 0.240 e. The van der Waals surface area contributed by atoms with Crippen LogP contribution in [0.5, 0.6) is 0 Å². The Morgan fingerprint density at radius 1 is 1.38 bits per heavy atom. The average Bonchev–Trinajstić information content (AvgIpc) is 2.43. The quantitative estimate of drug-likeness (QED) is 0.924. The zero-order valence-electron chi connectivity index (χ0n) is 12.7. The van der Waals surface area contributed by atoms with E-state index in [0.717, 1.165) is 24.1 Å². The van der Waals surface area contributed by atoms with Crippen molar-refractivity contribution in [3.05, 3.63) is 23.8 Å². The van der Waals surface area contributed by atoms with Crippen molar-refractivity contribution in [3.8, 4) is 0 Å². The van der Waals surface area contributed by atoms with Crippen molar-refractivity contribution in [2.24, 2.45) is 5.92 Å². The average molecular weight is 310 g/mol. The molecule has 6 heteroatoms. The van der Waals surface area contributed by atoms with Crippen molar-refractivity contribution >= 4 is 21.6 Å². The zero-order valence-corrected chi connectivity index (χ0v) is 13.5. The van der Waals surface area contributed by atoms with Crippen LogP contribution in [0.3, 0.4) is 0 Å². The fourth-order valence-electron chi connectivity index (χ4n) is 2.43. The van der Waals surface area contributed by atoms with Crippen LogP contribution >= 0.6 is 0 Å². The molecule has 0 fully saturated rings. The third-order valence-electron chi connectivity index (χ3n) is 3.54. The van der Waals surface area contributed by atoms with Gasteiger partial charge in [0.15, 0.2) is 0 Å². The van der Waals surface area contributed by atoms with Gasteiger partial charge in [-0.3, -0.25) is 4.79 Å². The van der Waals surface area contributed by atoms with Gasteiger partial charge in [-0.05, 0) is 42.5 Å². The summed E-state index contributed by atoms with van der Waals surface area (Å²) < 4.78 is 27.1.